The van der Waals surface area contributed by atoms with E-state index in [-0.39, 0.29) is 11.5 Å². The molecule has 0 aromatic rings. The number of nitrogens with zero attached hydrogens (tertiary/aromatic N) is 1. The molecule has 1 unspecified atom stereocenters. The Morgan fingerprint density at radius 3 is 1.88 bits per heavy atom. The number of rotatable bonds is 10. The molecule has 0 bridgehead atoms. The summed E-state index contributed by atoms with van der Waals surface area (Å²) >= 11 is 0. The van der Waals surface area contributed by atoms with Gasteiger partial charge < -0.3 is 16.0 Å². The quantitative estimate of drug-likeness (QED) is 0.257. The average molecular weight is 492 g/mol. The van der Waals surface area contributed by atoms with Crippen molar-refractivity contribution >= 4 is 0 Å². The fourth-order valence-electron chi connectivity index (χ4n) is 2.94. The van der Waals surface area contributed by atoms with E-state index in [4.69, 9.17) is 5.73 Å². The Labute approximate surface area is 198 Å². The molecule has 3 N–H and O–H groups in total. The molecule has 0 aliphatic heterocycles. The van der Waals surface area contributed by atoms with Crippen molar-refractivity contribution in [1.29, 1.82) is 0 Å². The minimum atomic E-state index is -4.74. The van der Waals surface area contributed by atoms with Crippen molar-refractivity contribution in [2.75, 3.05) is 14.1 Å². The third-order valence-corrected chi connectivity index (χ3v) is 4.89. The van der Waals surface area contributed by atoms with Gasteiger partial charge in [0.05, 0.1) is 11.6 Å². The summed E-state index contributed by atoms with van der Waals surface area (Å²) in [5, 5.41) is 2.81. The molecule has 0 fully saturated rings. The normalized spacial score (nSPS) is 16.0. The summed E-state index contributed by atoms with van der Waals surface area (Å²) in [7, 11) is 2.34. The highest BCUT2D eigenvalue weighted by Gasteiger charge is 2.36. The molecule has 3 nitrogen and oxygen atoms in total. The molecule has 0 saturated carbocycles. The molecule has 34 heavy (non-hydrogen) atoms. The molecule has 0 heterocycles. The van der Waals surface area contributed by atoms with Crippen LogP contribution in [0.5, 0.6) is 0 Å². The van der Waals surface area contributed by atoms with E-state index >= 15 is 0 Å². The summed E-state index contributed by atoms with van der Waals surface area (Å²) in [5.41, 5.74) is 6.23. The van der Waals surface area contributed by atoms with E-state index in [1.165, 1.54) is 27.1 Å². The number of alkyl halides is 6. The topological polar surface area (TPSA) is 41.3 Å². The molecule has 1 atom stereocenters. The first-order valence-electron chi connectivity index (χ1n) is 10.5. The number of hydrogen-bond donors (Lipinski definition) is 2. The van der Waals surface area contributed by atoms with E-state index in [0.29, 0.717) is 29.0 Å². The highest BCUT2D eigenvalue weighted by Crippen LogP contribution is 2.31. The summed E-state index contributed by atoms with van der Waals surface area (Å²) in [6, 6.07) is -1.51. The Bertz CT molecular complexity index is 895. The van der Waals surface area contributed by atoms with Crippen LogP contribution in [0.15, 0.2) is 82.9 Å². The van der Waals surface area contributed by atoms with E-state index in [9.17, 15) is 26.3 Å². The first-order chi connectivity index (χ1) is 15.3. The number of nitrogens with two attached hydrogens (primary N) is 1. The Morgan fingerprint density at radius 2 is 1.53 bits per heavy atom. The number of hydrogen-bond acceptors (Lipinski definition) is 3. The van der Waals surface area contributed by atoms with Crippen LogP contribution in [0, 0.1) is 5.92 Å². The van der Waals surface area contributed by atoms with E-state index in [1.54, 1.807) is 6.92 Å². The monoisotopic (exact) mass is 491 g/mol. The van der Waals surface area contributed by atoms with Crippen LogP contribution >= 0.6 is 0 Å². The molecule has 0 aromatic heterocycles. The van der Waals surface area contributed by atoms with Crippen LogP contribution in [0.2, 0.25) is 0 Å². The van der Waals surface area contributed by atoms with E-state index in [0.717, 1.165) is 22.7 Å². The average Bonchev–Trinajstić information content (AvgIpc) is 2.65. The summed E-state index contributed by atoms with van der Waals surface area (Å²) in [6.07, 6.45) is -4.96. The second-order valence-corrected chi connectivity index (χ2v) is 8.33. The van der Waals surface area contributed by atoms with Crippen molar-refractivity contribution in [2.45, 2.75) is 53.0 Å². The Hall–Kier alpha value is -2.68. The van der Waals surface area contributed by atoms with Crippen molar-refractivity contribution in [2.24, 2.45) is 11.7 Å². The predicted octanol–water partition coefficient (Wildman–Crippen LogP) is 6.92. The maximum absolute atomic E-state index is 13.5. The molecule has 0 saturated heterocycles. The van der Waals surface area contributed by atoms with Gasteiger partial charge in [0.25, 0.3) is 0 Å². The van der Waals surface area contributed by atoms with Crippen LogP contribution in [0.4, 0.5) is 26.3 Å². The highest BCUT2D eigenvalue weighted by molar-refractivity contribution is 5.47. The number of allylic oxidation sites excluding steroid dienone is 6. The fraction of sp³-hybridized carbons (Fsp3) is 0.440. The number of nitrogens with one attached hydrogen (secondary N) is 1. The number of halogens is 6. The van der Waals surface area contributed by atoms with E-state index in [1.807, 2.05) is 20.8 Å². The molecule has 0 spiro atoms. The lowest BCUT2D eigenvalue weighted by atomic mass is 9.93. The molecule has 0 aliphatic rings. The van der Waals surface area contributed by atoms with Crippen LogP contribution < -0.4 is 11.1 Å². The largest absolute Gasteiger partial charge is 0.430 e. The first-order valence-corrected chi connectivity index (χ1v) is 10.5. The zero-order chi connectivity index (χ0) is 27.0. The van der Waals surface area contributed by atoms with Crippen LogP contribution in [0.3, 0.4) is 0 Å². The minimum Gasteiger partial charge on any atom is -0.374 e. The molecule has 0 aromatic carbocycles. The zero-order valence-corrected chi connectivity index (χ0v) is 20.7. The van der Waals surface area contributed by atoms with Crippen LogP contribution in [0.25, 0.3) is 0 Å². The van der Waals surface area contributed by atoms with Gasteiger partial charge in [-0.15, -0.1) is 0 Å². The maximum Gasteiger partial charge on any atom is 0.430 e. The molecule has 192 valence electrons. The standard InChI is InChI=1S/C25H35F6N3/c1-10-11-20(24(26,27)28)12-19(21(32)13-22(34(8)9)25(29,30)31)14-33-18(7)23(16(4)5)17(6)15(2)3/h10-15,21,33H,4,7,32H2,1-3,5-6,8-9H3/b11-10-,19-14-,20-12+,22-13-,23-17+. The molecule has 9 heteroatoms. The van der Waals surface area contributed by atoms with Gasteiger partial charge in [0.2, 0.25) is 0 Å². The second-order valence-electron chi connectivity index (χ2n) is 8.33. The summed E-state index contributed by atoms with van der Waals surface area (Å²) < 4.78 is 80.7. The summed E-state index contributed by atoms with van der Waals surface area (Å²) in [6.45, 7) is 16.8. The Morgan fingerprint density at radius 1 is 1.00 bits per heavy atom. The van der Waals surface area contributed by atoms with Crippen LogP contribution in [0.1, 0.15) is 34.6 Å². The third kappa shape index (κ3) is 9.67. The summed E-state index contributed by atoms with van der Waals surface area (Å²) in [4.78, 5) is 0.804. The second kappa shape index (κ2) is 12.7. The smallest absolute Gasteiger partial charge is 0.374 e. The third-order valence-electron chi connectivity index (χ3n) is 4.89. The van der Waals surface area contributed by atoms with E-state index in [2.05, 4.69) is 18.5 Å². The molecule has 0 radical (unpaired) electrons. The van der Waals surface area contributed by atoms with Crippen molar-refractivity contribution in [3.05, 3.63) is 82.9 Å². The van der Waals surface area contributed by atoms with Gasteiger partial charge in [-0.1, -0.05) is 44.7 Å². The van der Waals surface area contributed by atoms with Crippen molar-refractivity contribution in [3.8, 4) is 0 Å². The first kappa shape index (κ1) is 31.3. The van der Waals surface area contributed by atoms with Gasteiger partial charge in [0.1, 0.15) is 5.70 Å². The van der Waals surface area contributed by atoms with Crippen LogP contribution in [-0.2, 0) is 0 Å². The zero-order valence-electron chi connectivity index (χ0n) is 20.7. The van der Waals surface area contributed by atoms with Gasteiger partial charge in [-0.05, 0) is 55.6 Å². The van der Waals surface area contributed by atoms with Crippen molar-refractivity contribution in [1.82, 2.24) is 10.2 Å². The van der Waals surface area contributed by atoms with Gasteiger partial charge in [0.15, 0.2) is 0 Å². The highest BCUT2D eigenvalue weighted by atomic mass is 19.4. The maximum atomic E-state index is 13.5. The van der Waals surface area contributed by atoms with Crippen molar-refractivity contribution in [3.63, 3.8) is 0 Å². The predicted molar refractivity (Wildman–Crippen MR) is 127 cm³/mol. The molecular weight excluding hydrogens is 456 g/mol. The van der Waals surface area contributed by atoms with Gasteiger partial charge in [-0.2, -0.15) is 26.3 Å². The lowest BCUT2D eigenvalue weighted by Gasteiger charge is -2.23. The molecular formula is C25H35F6N3. The lowest BCUT2D eigenvalue weighted by Crippen LogP contribution is -2.30. The van der Waals surface area contributed by atoms with E-state index < -0.39 is 29.7 Å². The lowest BCUT2D eigenvalue weighted by molar-refractivity contribution is -0.108. The Balaban J connectivity index is 6.75. The molecule has 0 rings (SSSR count). The van der Waals surface area contributed by atoms with Crippen LogP contribution in [-0.4, -0.2) is 37.4 Å². The molecule has 0 aliphatic carbocycles. The SMILES string of the molecule is C=C(C)/C(C(=C)N/C=C(/C=C(\C=C/C)C(F)(F)F)C(N)/C=C(\N(C)C)C(F)(F)F)=C(/C)C(C)C. The minimum absolute atomic E-state index is 0.139. The van der Waals surface area contributed by atoms with Gasteiger partial charge >= 0.3 is 12.4 Å². The summed E-state index contributed by atoms with van der Waals surface area (Å²) in [5.74, 6) is 0.139. The Kier molecular flexibility index (Phi) is 11.7. The van der Waals surface area contributed by atoms with Gasteiger partial charge in [0, 0.05) is 26.0 Å². The molecule has 0 amide bonds. The van der Waals surface area contributed by atoms with Gasteiger partial charge in [-0.25, -0.2) is 0 Å². The fourth-order valence-corrected chi connectivity index (χ4v) is 2.94. The van der Waals surface area contributed by atoms with Crippen molar-refractivity contribution < 1.29 is 26.3 Å². The van der Waals surface area contributed by atoms with Gasteiger partial charge in [-0.3, -0.25) is 0 Å².